The number of aliphatic hydroxyl groups is 1. The Hall–Kier alpha value is -4.06. The van der Waals surface area contributed by atoms with E-state index in [1.807, 2.05) is 24.3 Å². The maximum absolute atomic E-state index is 12.6. The number of aromatic amines is 1. The van der Waals surface area contributed by atoms with Gasteiger partial charge in [-0.05, 0) is 54.5 Å². The SMILES string of the molecule is O=C(CCCc1cccc(C2(C(=O)O)CCCCC2)c1)Nc1ncc(CNC[C@H](O)c2ccc(O)c3[nH]c(=O)ccc23)s1. The number of aromatic nitrogens is 2. The van der Waals surface area contributed by atoms with E-state index in [1.54, 1.807) is 18.3 Å². The first-order chi connectivity index (χ1) is 20.7. The number of hydrogen-bond acceptors (Lipinski definition) is 8. The van der Waals surface area contributed by atoms with Crippen molar-refractivity contribution in [3.05, 3.63) is 86.6 Å². The van der Waals surface area contributed by atoms with Crippen molar-refractivity contribution < 1.29 is 24.9 Å². The van der Waals surface area contributed by atoms with E-state index in [4.69, 9.17) is 0 Å². The molecule has 6 N–H and O–H groups in total. The Balaban J connectivity index is 1.08. The zero-order chi connectivity index (χ0) is 30.4. The molecule has 43 heavy (non-hydrogen) atoms. The first kappa shape index (κ1) is 30.4. The summed E-state index contributed by atoms with van der Waals surface area (Å²) in [5.74, 6) is -0.942. The molecule has 1 aliphatic carbocycles. The van der Waals surface area contributed by atoms with Crippen LogP contribution in [0.25, 0.3) is 10.9 Å². The van der Waals surface area contributed by atoms with E-state index in [9.17, 15) is 29.7 Å². The van der Waals surface area contributed by atoms with Gasteiger partial charge in [-0.1, -0.05) is 49.6 Å². The number of nitrogens with one attached hydrogen (secondary N) is 3. The Morgan fingerprint density at radius 2 is 1.91 bits per heavy atom. The second kappa shape index (κ2) is 13.5. The summed E-state index contributed by atoms with van der Waals surface area (Å²) in [5, 5.41) is 37.9. The van der Waals surface area contributed by atoms with Crippen molar-refractivity contribution in [2.75, 3.05) is 11.9 Å². The van der Waals surface area contributed by atoms with Crippen molar-refractivity contribution in [3.8, 4) is 5.75 Å². The molecule has 0 bridgehead atoms. The van der Waals surface area contributed by atoms with Crippen molar-refractivity contribution in [1.82, 2.24) is 15.3 Å². The van der Waals surface area contributed by atoms with Gasteiger partial charge in [0.05, 0.1) is 17.0 Å². The number of aryl methyl sites for hydroxylation is 1. The molecular formula is C32H36N4O6S. The summed E-state index contributed by atoms with van der Waals surface area (Å²) in [6.45, 7) is 0.666. The number of amides is 1. The average Bonchev–Trinajstić information content (AvgIpc) is 3.44. The van der Waals surface area contributed by atoms with Gasteiger partial charge in [-0.15, -0.1) is 11.3 Å². The largest absolute Gasteiger partial charge is 0.506 e. The minimum absolute atomic E-state index is 0.0617. The van der Waals surface area contributed by atoms with E-state index < -0.39 is 17.5 Å². The highest BCUT2D eigenvalue weighted by Crippen LogP contribution is 2.40. The number of rotatable bonds is 12. The molecule has 4 aromatic rings. The van der Waals surface area contributed by atoms with Crippen LogP contribution in [0.2, 0.25) is 0 Å². The van der Waals surface area contributed by atoms with E-state index in [-0.39, 0.29) is 29.3 Å². The maximum Gasteiger partial charge on any atom is 0.314 e. The maximum atomic E-state index is 12.6. The lowest BCUT2D eigenvalue weighted by Crippen LogP contribution is -2.37. The van der Waals surface area contributed by atoms with Crippen LogP contribution in [0.15, 0.2) is 59.5 Å². The van der Waals surface area contributed by atoms with Crippen LogP contribution in [0.3, 0.4) is 0 Å². The number of carboxylic acid groups (broad SMARTS) is 1. The third kappa shape index (κ3) is 7.12. The molecule has 5 rings (SSSR count). The first-order valence-corrected chi connectivity index (χ1v) is 15.4. The average molecular weight is 605 g/mol. The Morgan fingerprint density at radius 3 is 2.70 bits per heavy atom. The number of carbonyl (C=O) groups is 2. The minimum Gasteiger partial charge on any atom is -0.506 e. The van der Waals surface area contributed by atoms with Gasteiger partial charge in [-0.25, -0.2) is 4.98 Å². The fourth-order valence-corrected chi connectivity index (χ4v) is 6.68. The molecule has 1 atom stereocenters. The molecular weight excluding hydrogens is 568 g/mol. The number of aromatic hydroxyl groups is 1. The highest BCUT2D eigenvalue weighted by Gasteiger charge is 2.41. The number of carboxylic acids is 1. The lowest BCUT2D eigenvalue weighted by molar-refractivity contribution is -0.145. The van der Waals surface area contributed by atoms with Crippen molar-refractivity contribution in [3.63, 3.8) is 0 Å². The van der Waals surface area contributed by atoms with Gasteiger partial charge in [-0.3, -0.25) is 14.4 Å². The summed E-state index contributed by atoms with van der Waals surface area (Å²) in [5.41, 5.74) is 1.63. The van der Waals surface area contributed by atoms with Gasteiger partial charge in [0.25, 0.3) is 0 Å². The van der Waals surface area contributed by atoms with Gasteiger partial charge in [0.1, 0.15) is 5.75 Å². The molecule has 2 aromatic carbocycles. The topological polar surface area (TPSA) is 165 Å². The van der Waals surface area contributed by atoms with Crippen molar-refractivity contribution in [2.45, 2.75) is 69.4 Å². The molecule has 1 saturated carbocycles. The molecule has 11 heteroatoms. The van der Waals surface area contributed by atoms with E-state index in [1.165, 1.54) is 23.5 Å². The first-order valence-electron chi connectivity index (χ1n) is 14.6. The van der Waals surface area contributed by atoms with E-state index >= 15 is 0 Å². The molecule has 0 spiro atoms. The number of hydrogen-bond donors (Lipinski definition) is 6. The number of anilines is 1. The van der Waals surface area contributed by atoms with E-state index in [2.05, 4.69) is 20.6 Å². The van der Waals surface area contributed by atoms with Gasteiger partial charge < -0.3 is 30.9 Å². The summed E-state index contributed by atoms with van der Waals surface area (Å²) in [6.07, 6.45) is 6.69. The number of aliphatic carboxylic acids is 1. The lowest BCUT2D eigenvalue weighted by Gasteiger charge is -2.34. The summed E-state index contributed by atoms with van der Waals surface area (Å²) < 4.78 is 0. The minimum atomic E-state index is -0.876. The van der Waals surface area contributed by atoms with Crippen LogP contribution in [-0.4, -0.2) is 43.7 Å². The van der Waals surface area contributed by atoms with Gasteiger partial charge in [0, 0.05) is 42.0 Å². The highest BCUT2D eigenvalue weighted by molar-refractivity contribution is 7.15. The van der Waals surface area contributed by atoms with Crippen molar-refractivity contribution in [2.24, 2.45) is 0 Å². The predicted molar refractivity (Wildman–Crippen MR) is 165 cm³/mol. The molecule has 1 fully saturated rings. The molecule has 0 saturated heterocycles. The zero-order valence-corrected chi connectivity index (χ0v) is 24.6. The summed E-state index contributed by atoms with van der Waals surface area (Å²) in [4.78, 5) is 44.2. The number of pyridine rings is 1. The third-order valence-electron chi connectivity index (χ3n) is 8.17. The molecule has 10 nitrogen and oxygen atoms in total. The molecule has 0 radical (unpaired) electrons. The van der Waals surface area contributed by atoms with Crippen LogP contribution in [0, 0.1) is 0 Å². The lowest BCUT2D eigenvalue weighted by atomic mass is 9.69. The molecule has 226 valence electrons. The predicted octanol–water partition coefficient (Wildman–Crippen LogP) is 4.76. The van der Waals surface area contributed by atoms with E-state index in [0.29, 0.717) is 54.7 Å². The quantitative estimate of drug-likeness (QED) is 0.135. The number of thiazole rings is 1. The molecule has 0 aliphatic heterocycles. The van der Waals surface area contributed by atoms with Gasteiger partial charge in [0.15, 0.2) is 5.13 Å². The normalized spacial score (nSPS) is 15.3. The second-order valence-electron chi connectivity index (χ2n) is 11.1. The van der Waals surface area contributed by atoms with Gasteiger partial charge in [-0.2, -0.15) is 0 Å². The fraction of sp³-hybridized carbons (Fsp3) is 0.375. The smallest absolute Gasteiger partial charge is 0.314 e. The summed E-state index contributed by atoms with van der Waals surface area (Å²) >= 11 is 1.35. The molecule has 2 aromatic heterocycles. The molecule has 1 amide bonds. The number of phenols is 1. The third-order valence-corrected chi connectivity index (χ3v) is 9.08. The van der Waals surface area contributed by atoms with Crippen molar-refractivity contribution in [1.29, 1.82) is 0 Å². The Morgan fingerprint density at radius 1 is 1.09 bits per heavy atom. The number of carbonyl (C=O) groups excluding carboxylic acids is 1. The number of fused-ring (bicyclic) bond motifs is 1. The zero-order valence-electron chi connectivity index (χ0n) is 23.8. The molecule has 2 heterocycles. The number of aliphatic hydroxyl groups excluding tert-OH is 1. The highest BCUT2D eigenvalue weighted by atomic mass is 32.1. The molecule has 1 aliphatic rings. The number of phenolic OH excluding ortho intramolecular Hbond substituents is 1. The Labute approximate surface area is 252 Å². The monoisotopic (exact) mass is 604 g/mol. The van der Waals surface area contributed by atoms with Crippen LogP contribution in [0.5, 0.6) is 5.75 Å². The van der Waals surface area contributed by atoms with Crippen LogP contribution in [0.4, 0.5) is 5.13 Å². The standard InChI is InChI=1S/C32H36N4O6S/c37-25-12-10-23(24-11-13-28(40)35-29(24)25)26(38)19-33-17-22-18-34-31(43-22)36-27(39)9-5-7-20-6-4-8-21(16-20)32(30(41)42)14-2-1-3-15-32/h4,6,8,10-13,16,18,26,33,37-38H,1-3,5,7,9,14-15,17,19H2,(H,35,40)(H,41,42)(H,34,36,39)/t26-/m0/s1. The fourth-order valence-electron chi connectivity index (χ4n) is 5.88. The Kier molecular flexibility index (Phi) is 9.54. The van der Waals surface area contributed by atoms with Crippen LogP contribution in [-0.2, 0) is 28.0 Å². The Bertz CT molecular complexity index is 1660. The van der Waals surface area contributed by atoms with Gasteiger partial charge in [0.2, 0.25) is 11.5 Å². The van der Waals surface area contributed by atoms with E-state index in [0.717, 1.165) is 35.3 Å². The van der Waals surface area contributed by atoms with Crippen LogP contribution < -0.4 is 16.2 Å². The summed E-state index contributed by atoms with van der Waals surface area (Å²) in [7, 11) is 0. The number of benzene rings is 2. The van der Waals surface area contributed by atoms with Crippen molar-refractivity contribution >= 4 is 39.2 Å². The molecule has 0 unspecified atom stereocenters. The second-order valence-corrected chi connectivity index (χ2v) is 12.2. The van der Waals surface area contributed by atoms with Gasteiger partial charge >= 0.3 is 5.97 Å². The number of nitrogens with zero attached hydrogens (tertiary/aromatic N) is 1. The van der Waals surface area contributed by atoms with Crippen LogP contribution >= 0.6 is 11.3 Å². The number of H-pyrrole nitrogens is 1. The van der Waals surface area contributed by atoms with Crippen LogP contribution in [0.1, 0.15) is 72.6 Å². The summed E-state index contributed by atoms with van der Waals surface area (Å²) in [6, 6.07) is 13.8.